The van der Waals surface area contributed by atoms with E-state index in [1.165, 1.54) is 27.1 Å². The van der Waals surface area contributed by atoms with E-state index in [0.29, 0.717) is 0 Å². The SMILES string of the molecule is NC1(c2cc3ccccc3c3ccccc23)CNC1. The van der Waals surface area contributed by atoms with E-state index in [2.05, 4.69) is 59.9 Å². The molecule has 1 aliphatic heterocycles. The molecule has 0 spiro atoms. The van der Waals surface area contributed by atoms with Gasteiger partial charge in [0, 0.05) is 13.1 Å². The summed E-state index contributed by atoms with van der Waals surface area (Å²) in [4.78, 5) is 0. The molecule has 3 aromatic carbocycles. The Hall–Kier alpha value is -1.90. The molecule has 0 saturated carbocycles. The fourth-order valence-corrected chi connectivity index (χ4v) is 3.05. The molecule has 2 nitrogen and oxygen atoms in total. The monoisotopic (exact) mass is 248 g/mol. The first-order chi connectivity index (χ1) is 9.28. The van der Waals surface area contributed by atoms with Crippen LogP contribution >= 0.6 is 0 Å². The van der Waals surface area contributed by atoms with Crippen LogP contribution in [0, 0.1) is 0 Å². The maximum atomic E-state index is 6.52. The van der Waals surface area contributed by atoms with Gasteiger partial charge in [0.15, 0.2) is 0 Å². The Morgan fingerprint density at radius 2 is 1.47 bits per heavy atom. The first-order valence-corrected chi connectivity index (χ1v) is 6.68. The number of benzene rings is 3. The van der Waals surface area contributed by atoms with Gasteiger partial charge in [0.05, 0.1) is 5.54 Å². The molecule has 94 valence electrons. The summed E-state index contributed by atoms with van der Waals surface area (Å²) in [5.74, 6) is 0. The number of fused-ring (bicyclic) bond motifs is 3. The van der Waals surface area contributed by atoms with Crippen LogP contribution in [0.3, 0.4) is 0 Å². The molecule has 2 heteroatoms. The van der Waals surface area contributed by atoms with Gasteiger partial charge in [0.1, 0.15) is 0 Å². The van der Waals surface area contributed by atoms with Gasteiger partial charge in [-0.25, -0.2) is 0 Å². The van der Waals surface area contributed by atoms with E-state index >= 15 is 0 Å². The average Bonchev–Trinajstić information content (AvgIpc) is 2.44. The molecule has 0 unspecified atom stereocenters. The summed E-state index contributed by atoms with van der Waals surface area (Å²) in [7, 11) is 0. The summed E-state index contributed by atoms with van der Waals surface area (Å²) in [5, 5.41) is 8.44. The molecule has 1 saturated heterocycles. The Kier molecular flexibility index (Phi) is 2.19. The molecular formula is C17H16N2. The predicted octanol–water partition coefficient (Wildman–Crippen LogP) is 2.75. The van der Waals surface area contributed by atoms with Gasteiger partial charge < -0.3 is 11.1 Å². The van der Waals surface area contributed by atoms with Gasteiger partial charge in [-0.15, -0.1) is 0 Å². The third-order valence-corrected chi connectivity index (χ3v) is 4.19. The smallest absolute Gasteiger partial charge is 0.0668 e. The fraction of sp³-hybridized carbons (Fsp3) is 0.176. The van der Waals surface area contributed by atoms with Gasteiger partial charge in [0.2, 0.25) is 0 Å². The third kappa shape index (κ3) is 1.51. The molecule has 0 radical (unpaired) electrons. The van der Waals surface area contributed by atoms with Crippen LogP contribution < -0.4 is 11.1 Å². The number of hydrogen-bond donors (Lipinski definition) is 2. The van der Waals surface area contributed by atoms with E-state index in [1.54, 1.807) is 0 Å². The lowest BCUT2D eigenvalue weighted by molar-refractivity contribution is 0.289. The van der Waals surface area contributed by atoms with Crippen molar-refractivity contribution in [3.05, 3.63) is 60.2 Å². The van der Waals surface area contributed by atoms with Crippen molar-refractivity contribution in [2.75, 3.05) is 13.1 Å². The Balaban J connectivity index is 2.16. The minimum atomic E-state index is -0.219. The topological polar surface area (TPSA) is 38.0 Å². The van der Waals surface area contributed by atoms with Crippen molar-refractivity contribution in [1.29, 1.82) is 0 Å². The van der Waals surface area contributed by atoms with Crippen molar-refractivity contribution in [3.63, 3.8) is 0 Å². The maximum Gasteiger partial charge on any atom is 0.0668 e. The molecule has 0 amide bonds. The molecule has 1 heterocycles. The second-order valence-corrected chi connectivity index (χ2v) is 5.45. The Morgan fingerprint density at radius 1 is 0.842 bits per heavy atom. The lowest BCUT2D eigenvalue weighted by Crippen LogP contribution is -2.62. The largest absolute Gasteiger partial charge is 0.319 e. The fourth-order valence-electron chi connectivity index (χ4n) is 3.05. The normalized spacial score (nSPS) is 17.5. The summed E-state index contributed by atoms with van der Waals surface area (Å²) in [6.07, 6.45) is 0. The van der Waals surface area contributed by atoms with Crippen LogP contribution in [0.15, 0.2) is 54.6 Å². The van der Waals surface area contributed by atoms with Crippen LogP contribution in [0.1, 0.15) is 5.56 Å². The van der Waals surface area contributed by atoms with Crippen LogP contribution in [0.4, 0.5) is 0 Å². The quantitative estimate of drug-likeness (QED) is 0.650. The summed E-state index contributed by atoms with van der Waals surface area (Å²) in [6.45, 7) is 1.71. The molecule has 4 rings (SSSR count). The standard InChI is InChI=1S/C17H16N2/c18-17(10-19-11-17)16-9-12-5-1-2-6-13(12)14-7-3-4-8-15(14)16/h1-9,19H,10-11,18H2. The molecule has 1 fully saturated rings. The molecule has 0 aliphatic carbocycles. The summed E-state index contributed by atoms with van der Waals surface area (Å²) in [5.41, 5.74) is 7.56. The van der Waals surface area contributed by atoms with Crippen molar-refractivity contribution >= 4 is 21.5 Å². The molecular weight excluding hydrogens is 232 g/mol. The van der Waals surface area contributed by atoms with Crippen molar-refractivity contribution in [2.45, 2.75) is 5.54 Å². The van der Waals surface area contributed by atoms with Crippen molar-refractivity contribution in [3.8, 4) is 0 Å². The van der Waals surface area contributed by atoms with Crippen LogP contribution in [-0.4, -0.2) is 13.1 Å². The molecule has 19 heavy (non-hydrogen) atoms. The second-order valence-electron chi connectivity index (χ2n) is 5.45. The maximum absolute atomic E-state index is 6.52. The zero-order valence-corrected chi connectivity index (χ0v) is 10.7. The molecule has 0 bridgehead atoms. The first-order valence-electron chi connectivity index (χ1n) is 6.68. The molecule has 1 aliphatic rings. The van der Waals surface area contributed by atoms with E-state index in [0.717, 1.165) is 13.1 Å². The highest BCUT2D eigenvalue weighted by molar-refractivity contribution is 6.09. The zero-order valence-electron chi connectivity index (χ0n) is 10.7. The van der Waals surface area contributed by atoms with Crippen LogP contribution in [0.2, 0.25) is 0 Å². The summed E-state index contributed by atoms with van der Waals surface area (Å²) >= 11 is 0. The van der Waals surface area contributed by atoms with Crippen LogP contribution in [0.5, 0.6) is 0 Å². The number of nitrogens with two attached hydrogens (primary N) is 1. The minimum Gasteiger partial charge on any atom is -0.319 e. The van der Waals surface area contributed by atoms with E-state index in [9.17, 15) is 0 Å². The van der Waals surface area contributed by atoms with Gasteiger partial charge in [-0.05, 0) is 33.2 Å². The van der Waals surface area contributed by atoms with Crippen LogP contribution in [-0.2, 0) is 5.54 Å². The van der Waals surface area contributed by atoms with Crippen molar-refractivity contribution in [2.24, 2.45) is 5.73 Å². The second kappa shape index (κ2) is 3.80. The van der Waals surface area contributed by atoms with Gasteiger partial charge in [0.25, 0.3) is 0 Å². The highest BCUT2D eigenvalue weighted by Crippen LogP contribution is 2.34. The molecule has 3 aromatic rings. The highest BCUT2D eigenvalue weighted by atomic mass is 15.1. The van der Waals surface area contributed by atoms with E-state index in [-0.39, 0.29) is 5.54 Å². The number of hydrogen-bond acceptors (Lipinski definition) is 2. The average molecular weight is 248 g/mol. The lowest BCUT2D eigenvalue weighted by Gasteiger charge is -2.40. The van der Waals surface area contributed by atoms with Gasteiger partial charge in [-0.3, -0.25) is 0 Å². The number of rotatable bonds is 1. The zero-order chi connectivity index (χ0) is 12.9. The lowest BCUT2D eigenvalue weighted by atomic mass is 9.81. The highest BCUT2D eigenvalue weighted by Gasteiger charge is 2.35. The van der Waals surface area contributed by atoms with Crippen LogP contribution in [0.25, 0.3) is 21.5 Å². The summed E-state index contributed by atoms with van der Waals surface area (Å²) in [6, 6.07) is 19.4. The summed E-state index contributed by atoms with van der Waals surface area (Å²) < 4.78 is 0. The Labute approximate surface area is 112 Å². The predicted molar refractivity (Wildman–Crippen MR) is 80.2 cm³/mol. The van der Waals surface area contributed by atoms with Crippen molar-refractivity contribution in [1.82, 2.24) is 5.32 Å². The minimum absolute atomic E-state index is 0.219. The van der Waals surface area contributed by atoms with E-state index in [4.69, 9.17) is 5.73 Å². The van der Waals surface area contributed by atoms with Gasteiger partial charge in [-0.2, -0.15) is 0 Å². The molecule has 3 N–H and O–H groups in total. The van der Waals surface area contributed by atoms with Gasteiger partial charge in [-0.1, -0.05) is 48.5 Å². The Morgan fingerprint density at radius 3 is 2.16 bits per heavy atom. The van der Waals surface area contributed by atoms with E-state index in [1.807, 2.05) is 0 Å². The molecule has 0 aromatic heterocycles. The number of nitrogens with one attached hydrogen (secondary N) is 1. The van der Waals surface area contributed by atoms with Gasteiger partial charge >= 0.3 is 0 Å². The van der Waals surface area contributed by atoms with E-state index < -0.39 is 0 Å². The molecule has 0 atom stereocenters. The first kappa shape index (κ1) is 11.0. The Bertz CT molecular complexity index is 772. The third-order valence-electron chi connectivity index (χ3n) is 4.19. The van der Waals surface area contributed by atoms with Crippen molar-refractivity contribution < 1.29 is 0 Å².